The van der Waals surface area contributed by atoms with E-state index < -0.39 is 17.5 Å². The third-order valence-corrected chi connectivity index (χ3v) is 3.44. The zero-order valence-corrected chi connectivity index (χ0v) is 11.2. The van der Waals surface area contributed by atoms with E-state index in [4.69, 9.17) is 11.6 Å². The number of nitrogens with one attached hydrogen (secondary N) is 2. The first-order valence-corrected chi connectivity index (χ1v) is 6.40. The van der Waals surface area contributed by atoms with Gasteiger partial charge in [0.1, 0.15) is 11.5 Å². The van der Waals surface area contributed by atoms with Crippen molar-refractivity contribution in [3.8, 4) is 0 Å². The van der Waals surface area contributed by atoms with Gasteiger partial charge in [0, 0.05) is 25.1 Å². The van der Waals surface area contributed by atoms with Gasteiger partial charge in [0.05, 0.1) is 11.1 Å². The van der Waals surface area contributed by atoms with Gasteiger partial charge in [0.2, 0.25) is 5.91 Å². The number of alkyl halides is 1. The van der Waals surface area contributed by atoms with E-state index in [2.05, 4.69) is 10.6 Å². The van der Waals surface area contributed by atoms with Crippen LogP contribution in [-0.4, -0.2) is 24.2 Å². The molecule has 0 aliphatic carbocycles. The Morgan fingerprint density at radius 2 is 2.37 bits per heavy atom. The van der Waals surface area contributed by atoms with Crippen LogP contribution in [-0.2, 0) is 11.3 Å². The molecule has 3 nitrogen and oxygen atoms in total. The van der Waals surface area contributed by atoms with Gasteiger partial charge in [-0.05, 0) is 13.0 Å². The maximum Gasteiger partial charge on any atom is 0.237 e. The lowest BCUT2D eigenvalue weighted by Gasteiger charge is -2.13. The zero-order chi connectivity index (χ0) is 14.0. The molecule has 2 N–H and O–H groups in total. The molecule has 19 heavy (non-hydrogen) atoms. The van der Waals surface area contributed by atoms with Crippen molar-refractivity contribution in [2.24, 2.45) is 0 Å². The van der Waals surface area contributed by atoms with Crippen molar-refractivity contribution in [2.45, 2.75) is 31.6 Å². The molecule has 0 spiro atoms. The summed E-state index contributed by atoms with van der Waals surface area (Å²) >= 11 is 5.64. The number of halogens is 3. The van der Waals surface area contributed by atoms with Gasteiger partial charge in [-0.25, -0.2) is 8.78 Å². The first-order chi connectivity index (χ1) is 8.89. The predicted molar refractivity (Wildman–Crippen MR) is 69.2 cm³/mol. The Hall–Kier alpha value is -1.20. The third kappa shape index (κ3) is 3.42. The summed E-state index contributed by atoms with van der Waals surface area (Å²) in [6.45, 7) is 1.63. The number of hydrogen-bond acceptors (Lipinski definition) is 2. The van der Waals surface area contributed by atoms with Crippen LogP contribution in [0.1, 0.15) is 18.9 Å². The van der Waals surface area contributed by atoms with Crippen LogP contribution < -0.4 is 10.6 Å². The Morgan fingerprint density at radius 1 is 1.63 bits per heavy atom. The van der Waals surface area contributed by atoms with E-state index in [0.29, 0.717) is 5.56 Å². The molecule has 2 rings (SSSR count). The SMILES string of the molecule is CC1(F)CNC(C(=O)NCc2cccc(Cl)c2F)C1. The van der Waals surface area contributed by atoms with Gasteiger partial charge in [0.25, 0.3) is 0 Å². The first-order valence-electron chi connectivity index (χ1n) is 6.02. The summed E-state index contributed by atoms with van der Waals surface area (Å²) in [7, 11) is 0. The summed E-state index contributed by atoms with van der Waals surface area (Å²) in [5.41, 5.74) is -1.06. The monoisotopic (exact) mass is 288 g/mol. The third-order valence-electron chi connectivity index (χ3n) is 3.15. The Balaban J connectivity index is 1.92. The highest BCUT2D eigenvalue weighted by Crippen LogP contribution is 2.23. The standard InChI is InChI=1S/C13H15ClF2N2O/c1-13(16)5-10(18-7-13)12(19)17-6-8-3-2-4-9(14)11(8)15/h2-4,10,18H,5-7H2,1H3,(H,17,19). The molecule has 1 aromatic carbocycles. The topological polar surface area (TPSA) is 41.1 Å². The van der Waals surface area contributed by atoms with Crippen LogP contribution in [0.2, 0.25) is 5.02 Å². The normalized spacial score (nSPS) is 26.4. The lowest BCUT2D eigenvalue weighted by molar-refractivity contribution is -0.123. The summed E-state index contributed by atoms with van der Waals surface area (Å²) < 4.78 is 27.2. The predicted octanol–water partition coefficient (Wildman–Crippen LogP) is 2.19. The Kier molecular flexibility index (Phi) is 4.06. The van der Waals surface area contributed by atoms with Gasteiger partial charge in [-0.2, -0.15) is 0 Å². The second-order valence-electron chi connectivity index (χ2n) is 4.98. The maximum absolute atomic E-state index is 13.6. The molecular weight excluding hydrogens is 274 g/mol. The van der Waals surface area contributed by atoms with Gasteiger partial charge in [-0.1, -0.05) is 23.7 Å². The Labute approximate surface area is 115 Å². The molecule has 1 heterocycles. The average molecular weight is 289 g/mol. The fraction of sp³-hybridized carbons (Fsp3) is 0.462. The van der Waals surface area contributed by atoms with Crippen molar-refractivity contribution in [2.75, 3.05) is 6.54 Å². The molecular formula is C13H15ClF2N2O. The molecule has 1 amide bonds. The lowest BCUT2D eigenvalue weighted by Crippen LogP contribution is -2.40. The molecule has 0 bridgehead atoms. The van der Waals surface area contributed by atoms with Crippen LogP contribution >= 0.6 is 11.6 Å². The highest BCUT2D eigenvalue weighted by atomic mass is 35.5. The quantitative estimate of drug-likeness (QED) is 0.895. The number of amides is 1. The average Bonchev–Trinajstić information content (AvgIpc) is 2.71. The lowest BCUT2D eigenvalue weighted by atomic mass is 10.0. The van der Waals surface area contributed by atoms with Gasteiger partial charge < -0.3 is 10.6 Å². The summed E-state index contributed by atoms with van der Waals surface area (Å²) in [6, 6.07) is 4.02. The summed E-state index contributed by atoms with van der Waals surface area (Å²) in [4.78, 5) is 11.8. The molecule has 1 aromatic rings. The van der Waals surface area contributed by atoms with Crippen molar-refractivity contribution in [3.05, 3.63) is 34.6 Å². The molecule has 104 valence electrons. The van der Waals surface area contributed by atoms with Crippen molar-refractivity contribution >= 4 is 17.5 Å². The molecule has 1 saturated heterocycles. The van der Waals surface area contributed by atoms with E-state index in [1.165, 1.54) is 13.0 Å². The number of carbonyl (C=O) groups excluding carboxylic acids is 1. The number of benzene rings is 1. The highest BCUT2D eigenvalue weighted by molar-refractivity contribution is 6.30. The Bertz CT molecular complexity index is 494. The van der Waals surface area contributed by atoms with Gasteiger partial charge >= 0.3 is 0 Å². The van der Waals surface area contributed by atoms with Crippen molar-refractivity contribution in [1.29, 1.82) is 0 Å². The van der Waals surface area contributed by atoms with Crippen LogP contribution in [0.5, 0.6) is 0 Å². The van der Waals surface area contributed by atoms with Crippen LogP contribution in [0.4, 0.5) is 8.78 Å². The molecule has 1 aliphatic heterocycles. The molecule has 6 heteroatoms. The molecule has 0 radical (unpaired) electrons. The van der Waals surface area contributed by atoms with E-state index in [-0.39, 0.29) is 30.4 Å². The largest absolute Gasteiger partial charge is 0.351 e. The smallest absolute Gasteiger partial charge is 0.237 e. The van der Waals surface area contributed by atoms with Crippen LogP contribution in [0.3, 0.4) is 0 Å². The van der Waals surface area contributed by atoms with E-state index in [1.807, 2.05) is 0 Å². The second-order valence-corrected chi connectivity index (χ2v) is 5.39. The molecule has 2 atom stereocenters. The minimum atomic E-state index is -1.37. The second kappa shape index (κ2) is 5.43. The minimum absolute atomic E-state index is 0.0158. The van der Waals surface area contributed by atoms with Crippen molar-refractivity contribution in [1.82, 2.24) is 10.6 Å². The first kappa shape index (κ1) is 14.2. The van der Waals surface area contributed by atoms with Gasteiger partial charge in [-0.15, -0.1) is 0 Å². The van der Waals surface area contributed by atoms with Crippen molar-refractivity contribution < 1.29 is 13.6 Å². The van der Waals surface area contributed by atoms with Crippen LogP contribution in [0.25, 0.3) is 0 Å². The molecule has 2 unspecified atom stereocenters. The van der Waals surface area contributed by atoms with Gasteiger partial charge in [0.15, 0.2) is 0 Å². The number of rotatable bonds is 3. The summed E-state index contributed by atoms with van der Waals surface area (Å²) in [5, 5.41) is 5.40. The van der Waals surface area contributed by atoms with E-state index >= 15 is 0 Å². The van der Waals surface area contributed by atoms with E-state index in [9.17, 15) is 13.6 Å². The van der Waals surface area contributed by atoms with Crippen molar-refractivity contribution in [3.63, 3.8) is 0 Å². The van der Waals surface area contributed by atoms with E-state index in [1.54, 1.807) is 12.1 Å². The minimum Gasteiger partial charge on any atom is -0.351 e. The molecule has 1 fully saturated rings. The number of carbonyl (C=O) groups is 1. The molecule has 0 aromatic heterocycles. The van der Waals surface area contributed by atoms with E-state index in [0.717, 1.165) is 0 Å². The zero-order valence-electron chi connectivity index (χ0n) is 10.5. The highest BCUT2D eigenvalue weighted by Gasteiger charge is 2.38. The fourth-order valence-electron chi connectivity index (χ4n) is 2.08. The fourth-order valence-corrected chi connectivity index (χ4v) is 2.28. The van der Waals surface area contributed by atoms with Crippen LogP contribution in [0.15, 0.2) is 18.2 Å². The maximum atomic E-state index is 13.6. The molecule has 0 saturated carbocycles. The number of hydrogen-bond donors (Lipinski definition) is 2. The molecule has 1 aliphatic rings. The Morgan fingerprint density at radius 3 is 3.00 bits per heavy atom. The van der Waals surface area contributed by atoms with Gasteiger partial charge in [-0.3, -0.25) is 4.79 Å². The summed E-state index contributed by atoms with van der Waals surface area (Å²) in [6.07, 6.45) is 0.122. The van der Waals surface area contributed by atoms with Crippen LogP contribution in [0, 0.1) is 5.82 Å². The summed E-state index contributed by atoms with van der Waals surface area (Å²) in [5.74, 6) is -0.875.